The summed E-state index contributed by atoms with van der Waals surface area (Å²) in [4.78, 5) is 29.5. The number of methoxy groups -OCH3 is 1. The summed E-state index contributed by atoms with van der Waals surface area (Å²) in [6.07, 6.45) is 1.19. The molecule has 6 nitrogen and oxygen atoms in total. The molecule has 6 heteroatoms. The van der Waals surface area contributed by atoms with Crippen LogP contribution in [-0.4, -0.2) is 56.4 Å². The molecule has 2 aromatic rings. The molecular weight excluding hydrogens is 390 g/mol. The van der Waals surface area contributed by atoms with E-state index in [1.165, 1.54) is 5.69 Å². The first-order chi connectivity index (χ1) is 15.0. The van der Waals surface area contributed by atoms with Crippen molar-refractivity contribution in [2.24, 2.45) is 0 Å². The number of hydrogen-bond donors (Lipinski definition) is 1. The zero-order chi connectivity index (χ0) is 22.2. The molecule has 0 radical (unpaired) electrons. The second-order valence-electron chi connectivity index (χ2n) is 7.97. The lowest BCUT2D eigenvalue weighted by Crippen LogP contribution is -2.46. The lowest BCUT2D eigenvalue weighted by atomic mass is 10.1. The molecule has 0 bridgehead atoms. The van der Waals surface area contributed by atoms with Gasteiger partial charge in [-0.2, -0.15) is 0 Å². The fourth-order valence-electron chi connectivity index (χ4n) is 3.85. The number of amides is 1. The number of anilines is 2. The van der Waals surface area contributed by atoms with Gasteiger partial charge in [-0.3, -0.25) is 9.59 Å². The van der Waals surface area contributed by atoms with Gasteiger partial charge in [-0.15, -0.1) is 0 Å². The van der Waals surface area contributed by atoms with E-state index in [0.717, 1.165) is 49.7 Å². The molecule has 166 valence electrons. The monoisotopic (exact) mass is 423 g/mol. The average molecular weight is 424 g/mol. The molecule has 0 aliphatic carbocycles. The largest absolute Gasteiger partial charge is 0.497 e. The number of nitrogens with one attached hydrogen (secondary N) is 1. The van der Waals surface area contributed by atoms with Crippen LogP contribution < -0.4 is 15.0 Å². The van der Waals surface area contributed by atoms with E-state index in [2.05, 4.69) is 34.2 Å². The van der Waals surface area contributed by atoms with Crippen LogP contribution in [0.5, 0.6) is 5.75 Å². The summed E-state index contributed by atoms with van der Waals surface area (Å²) in [7, 11) is 1.60. The zero-order valence-electron chi connectivity index (χ0n) is 18.8. The lowest BCUT2D eigenvalue weighted by Gasteiger charge is -2.35. The number of rotatable bonds is 9. The predicted octanol–water partition coefficient (Wildman–Crippen LogP) is 4.14. The average Bonchev–Trinajstić information content (AvgIpc) is 2.80. The third-order valence-electron chi connectivity index (χ3n) is 5.89. The van der Waals surface area contributed by atoms with E-state index in [1.54, 1.807) is 31.4 Å². The van der Waals surface area contributed by atoms with Gasteiger partial charge in [-0.25, -0.2) is 0 Å². The number of Topliss-reactive ketones (excluding diaryl/α,β-unsaturated/α-hetero) is 1. The molecule has 1 heterocycles. The molecule has 0 aromatic heterocycles. The Bertz CT molecular complexity index is 887. The SMILES string of the molecule is CCN1CCN(c2ccc(NC(=O)CCCC(=O)c3ccc(OC)cc3)c(C)c2)CC1. The topological polar surface area (TPSA) is 61.9 Å². The first-order valence-electron chi connectivity index (χ1n) is 11.0. The number of ether oxygens (including phenoxy) is 1. The summed E-state index contributed by atoms with van der Waals surface area (Å²) >= 11 is 0. The Labute approximate surface area is 185 Å². The molecule has 1 aliphatic rings. The van der Waals surface area contributed by atoms with Crippen molar-refractivity contribution < 1.29 is 14.3 Å². The Hall–Kier alpha value is -2.86. The fraction of sp³-hybridized carbons (Fsp3) is 0.440. The van der Waals surface area contributed by atoms with Crippen molar-refractivity contribution in [3.8, 4) is 5.75 Å². The van der Waals surface area contributed by atoms with Gasteiger partial charge in [0.1, 0.15) is 5.75 Å². The third kappa shape index (κ3) is 6.31. The van der Waals surface area contributed by atoms with Crippen molar-refractivity contribution in [3.05, 3.63) is 53.6 Å². The number of carbonyl (C=O) groups excluding carboxylic acids is 2. The van der Waals surface area contributed by atoms with Crippen molar-refractivity contribution in [3.63, 3.8) is 0 Å². The highest BCUT2D eigenvalue weighted by Crippen LogP contribution is 2.24. The van der Waals surface area contributed by atoms with Crippen LogP contribution in [0.15, 0.2) is 42.5 Å². The highest BCUT2D eigenvalue weighted by Gasteiger charge is 2.16. The number of nitrogens with zero attached hydrogens (tertiary/aromatic N) is 2. The summed E-state index contributed by atoms with van der Waals surface area (Å²) in [5.74, 6) is 0.703. The first-order valence-corrected chi connectivity index (χ1v) is 11.0. The van der Waals surface area contributed by atoms with E-state index in [9.17, 15) is 9.59 Å². The highest BCUT2D eigenvalue weighted by molar-refractivity contribution is 5.97. The van der Waals surface area contributed by atoms with Gasteiger partial charge in [0.15, 0.2) is 5.78 Å². The number of ketones is 1. The Balaban J connectivity index is 1.46. The van der Waals surface area contributed by atoms with E-state index < -0.39 is 0 Å². The van der Waals surface area contributed by atoms with Crippen LogP contribution in [-0.2, 0) is 4.79 Å². The number of piperazine rings is 1. The maximum Gasteiger partial charge on any atom is 0.224 e. The van der Waals surface area contributed by atoms with E-state index in [1.807, 2.05) is 13.0 Å². The molecule has 0 spiro atoms. The molecule has 1 amide bonds. The van der Waals surface area contributed by atoms with E-state index in [4.69, 9.17) is 4.74 Å². The molecule has 0 unspecified atom stereocenters. The highest BCUT2D eigenvalue weighted by atomic mass is 16.5. The molecule has 0 atom stereocenters. The summed E-state index contributed by atoms with van der Waals surface area (Å²) in [5, 5.41) is 2.99. The van der Waals surface area contributed by atoms with Gasteiger partial charge in [0.05, 0.1) is 7.11 Å². The Morgan fingerprint density at radius 2 is 1.71 bits per heavy atom. The van der Waals surface area contributed by atoms with Crippen molar-refractivity contribution in [1.29, 1.82) is 0 Å². The molecular formula is C25H33N3O3. The number of carbonyl (C=O) groups is 2. The molecule has 1 saturated heterocycles. The summed E-state index contributed by atoms with van der Waals surface area (Å²) in [5.41, 5.74) is 3.74. The van der Waals surface area contributed by atoms with Crippen LogP contribution in [0.2, 0.25) is 0 Å². The van der Waals surface area contributed by atoms with E-state index in [0.29, 0.717) is 24.8 Å². The second kappa shape index (κ2) is 11.0. The first kappa shape index (κ1) is 22.8. The van der Waals surface area contributed by atoms with Crippen molar-refractivity contribution in [1.82, 2.24) is 4.90 Å². The molecule has 31 heavy (non-hydrogen) atoms. The zero-order valence-corrected chi connectivity index (χ0v) is 18.8. The lowest BCUT2D eigenvalue weighted by molar-refractivity contribution is -0.116. The molecule has 1 aliphatic heterocycles. The molecule has 2 aromatic carbocycles. The van der Waals surface area contributed by atoms with Crippen molar-refractivity contribution in [2.45, 2.75) is 33.1 Å². The van der Waals surface area contributed by atoms with Gasteiger partial charge < -0.3 is 19.9 Å². The standard InChI is InChI=1S/C25H33N3O3/c1-4-27-14-16-28(17-15-27)21-10-13-23(19(2)18-21)26-25(30)7-5-6-24(29)20-8-11-22(31-3)12-9-20/h8-13,18H,4-7,14-17H2,1-3H3,(H,26,30). The van der Waals surface area contributed by atoms with Gasteiger partial charge in [0.2, 0.25) is 5.91 Å². The van der Waals surface area contributed by atoms with E-state index in [-0.39, 0.29) is 11.7 Å². The quantitative estimate of drug-likeness (QED) is 0.615. The third-order valence-corrected chi connectivity index (χ3v) is 5.89. The summed E-state index contributed by atoms with van der Waals surface area (Å²) < 4.78 is 5.11. The molecule has 1 fully saturated rings. The summed E-state index contributed by atoms with van der Waals surface area (Å²) in [6, 6.07) is 13.3. The van der Waals surface area contributed by atoms with Crippen LogP contribution in [0.1, 0.15) is 42.1 Å². The van der Waals surface area contributed by atoms with Gasteiger partial charge in [-0.05, 0) is 67.9 Å². The minimum absolute atomic E-state index is 0.0409. The number of aryl methyl sites for hydroxylation is 1. The van der Waals surface area contributed by atoms with Gasteiger partial charge in [-0.1, -0.05) is 6.92 Å². The molecule has 0 saturated carbocycles. The Morgan fingerprint density at radius 3 is 2.32 bits per heavy atom. The van der Waals surface area contributed by atoms with Crippen LogP contribution in [0.3, 0.4) is 0 Å². The van der Waals surface area contributed by atoms with E-state index >= 15 is 0 Å². The minimum atomic E-state index is -0.0602. The van der Waals surface area contributed by atoms with Gasteiger partial charge in [0.25, 0.3) is 0 Å². The van der Waals surface area contributed by atoms with Crippen molar-refractivity contribution in [2.75, 3.05) is 50.1 Å². The molecule has 3 rings (SSSR count). The normalized spacial score (nSPS) is 14.4. The van der Waals surface area contributed by atoms with Crippen LogP contribution in [0.25, 0.3) is 0 Å². The van der Waals surface area contributed by atoms with Gasteiger partial charge in [0, 0.05) is 56.0 Å². The Kier molecular flexibility index (Phi) is 8.06. The van der Waals surface area contributed by atoms with Crippen molar-refractivity contribution >= 4 is 23.1 Å². The predicted molar refractivity (Wildman–Crippen MR) is 125 cm³/mol. The smallest absolute Gasteiger partial charge is 0.224 e. The van der Waals surface area contributed by atoms with Gasteiger partial charge >= 0.3 is 0 Å². The number of benzene rings is 2. The summed E-state index contributed by atoms with van der Waals surface area (Å²) in [6.45, 7) is 9.55. The minimum Gasteiger partial charge on any atom is -0.497 e. The van der Waals surface area contributed by atoms with Crippen LogP contribution in [0.4, 0.5) is 11.4 Å². The number of hydrogen-bond acceptors (Lipinski definition) is 5. The molecule has 1 N–H and O–H groups in total. The second-order valence-corrected chi connectivity index (χ2v) is 7.97. The fourth-order valence-corrected chi connectivity index (χ4v) is 3.85. The van der Waals surface area contributed by atoms with Crippen LogP contribution in [0, 0.1) is 6.92 Å². The maximum absolute atomic E-state index is 12.4. The van der Waals surface area contributed by atoms with Crippen LogP contribution >= 0.6 is 0 Å². The Morgan fingerprint density at radius 1 is 1.00 bits per heavy atom. The maximum atomic E-state index is 12.4. The number of likely N-dealkylation sites (N-methyl/N-ethyl adjacent to an activating group) is 1.